The molecule has 0 unspecified atom stereocenters. The molecule has 33 heavy (non-hydrogen) atoms. The first kappa shape index (κ1) is 21.6. The zero-order chi connectivity index (χ0) is 22.8. The number of hydrogen-bond acceptors (Lipinski definition) is 6. The molecule has 0 N–H and O–H groups in total. The summed E-state index contributed by atoms with van der Waals surface area (Å²) < 4.78 is 7.18. The largest absolute Gasteiger partial charge is 0.361 e. The van der Waals surface area contributed by atoms with Crippen molar-refractivity contribution in [1.82, 2.24) is 24.7 Å². The number of nitrogens with zero attached hydrogens (tertiary/aromatic N) is 5. The average molecular weight is 462 g/mol. The second kappa shape index (κ2) is 9.33. The molecule has 8 heteroatoms. The zero-order valence-electron chi connectivity index (χ0n) is 18.9. The minimum absolute atomic E-state index is 0.0506. The van der Waals surface area contributed by atoms with E-state index in [1.54, 1.807) is 11.3 Å². The molecule has 0 spiro atoms. The fourth-order valence-corrected chi connectivity index (χ4v) is 4.98. The molecule has 170 valence electrons. The van der Waals surface area contributed by atoms with Crippen molar-refractivity contribution < 1.29 is 9.32 Å². The summed E-state index contributed by atoms with van der Waals surface area (Å²) in [7, 11) is 0. The molecular weight excluding hydrogens is 434 g/mol. The summed E-state index contributed by atoms with van der Waals surface area (Å²) in [6, 6.07) is 14.2. The highest BCUT2D eigenvalue weighted by Crippen LogP contribution is 2.28. The number of carbonyl (C=O) groups excluding carboxylic acids is 1. The summed E-state index contributed by atoms with van der Waals surface area (Å²) in [6.07, 6.45) is 1.90. The van der Waals surface area contributed by atoms with Crippen molar-refractivity contribution in [2.45, 2.75) is 26.9 Å². The van der Waals surface area contributed by atoms with Crippen LogP contribution in [0.15, 0.2) is 58.6 Å². The van der Waals surface area contributed by atoms with Crippen LogP contribution < -0.4 is 0 Å². The average Bonchev–Trinajstić information content (AvgIpc) is 3.57. The molecule has 1 aromatic carbocycles. The van der Waals surface area contributed by atoms with Crippen LogP contribution in [0.3, 0.4) is 0 Å². The lowest BCUT2D eigenvalue weighted by atomic mass is 10.1. The fourth-order valence-electron chi connectivity index (χ4n) is 4.26. The van der Waals surface area contributed by atoms with E-state index >= 15 is 0 Å². The van der Waals surface area contributed by atoms with E-state index in [0.717, 1.165) is 52.8 Å². The molecule has 7 nitrogen and oxygen atoms in total. The van der Waals surface area contributed by atoms with Gasteiger partial charge < -0.3 is 9.42 Å². The third-order valence-electron chi connectivity index (χ3n) is 6.16. The molecule has 0 saturated carbocycles. The Labute approximate surface area is 197 Å². The Morgan fingerprint density at radius 1 is 1.03 bits per heavy atom. The minimum atomic E-state index is 0.0506. The lowest BCUT2D eigenvalue weighted by Gasteiger charge is -2.34. The molecule has 4 heterocycles. The second-order valence-electron chi connectivity index (χ2n) is 8.42. The number of amides is 1. The lowest BCUT2D eigenvalue weighted by molar-refractivity contribution is 0.0628. The molecule has 1 aliphatic heterocycles. The van der Waals surface area contributed by atoms with Gasteiger partial charge in [0.25, 0.3) is 5.91 Å². The Morgan fingerprint density at radius 3 is 2.48 bits per heavy atom. The Kier molecular flexibility index (Phi) is 6.11. The predicted molar refractivity (Wildman–Crippen MR) is 128 cm³/mol. The smallest absolute Gasteiger partial charge is 0.257 e. The van der Waals surface area contributed by atoms with Gasteiger partial charge in [-0.05, 0) is 30.9 Å². The summed E-state index contributed by atoms with van der Waals surface area (Å²) >= 11 is 1.61. The predicted octanol–water partition coefficient (Wildman–Crippen LogP) is 4.22. The summed E-state index contributed by atoms with van der Waals surface area (Å²) in [6.45, 7) is 8.39. The maximum Gasteiger partial charge on any atom is 0.257 e. The van der Waals surface area contributed by atoms with Crippen molar-refractivity contribution in [3.05, 3.63) is 82.2 Å². The van der Waals surface area contributed by atoms with E-state index in [9.17, 15) is 4.79 Å². The highest BCUT2D eigenvalue weighted by Gasteiger charge is 2.27. The summed E-state index contributed by atoms with van der Waals surface area (Å²) in [5.74, 6) is 0.923. The number of aryl methyl sites for hydroxylation is 2. The first-order valence-electron chi connectivity index (χ1n) is 11.2. The van der Waals surface area contributed by atoms with Gasteiger partial charge in [0.05, 0.1) is 22.7 Å². The van der Waals surface area contributed by atoms with Crippen LogP contribution in [0.4, 0.5) is 0 Å². The molecular formula is C25H27N5O2S. The highest BCUT2D eigenvalue weighted by atomic mass is 32.1. The van der Waals surface area contributed by atoms with Crippen molar-refractivity contribution in [3.63, 3.8) is 0 Å². The molecule has 0 atom stereocenters. The van der Waals surface area contributed by atoms with Gasteiger partial charge in [-0.2, -0.15) is 5.10 Å². The molecule has 0 bridgehead atoms. The maximum absolute atomic E-state index is 13.5. The van der Waals surface area contributed by atoms with E-state index < -0.39 is 0 Å². The van der Waals surface area contributed by atoms with Gasteiger partial charge in [0.2, 0.25) is 0 Å². The van der Waals surface area contributed by atoms with Crippen molar-refractivity contribution in [1.29, 1.82) is 0 Å². The van der Waals surface area contributed by atoms with Crippen molar-refractivity contribution in [2.24, 2.45) is 0 Å². The van der Waals surface area contributed by atoms with E-state index in [0.29, 0.717) is 25.2 Å². The number of aromatic nitrogens is 3. The quantitative estimate of drug-likeness (QED) is 0.430. The Morgan fingerprint density at radius 2 is 1.82 bits per heavy atom. The zero-order valence-corrected chi connectivity index (χ0v) is 19.7. The van der Waals surface area contributed by atoms with Crippen LogP contribution in [0.2, 0.25) is 0 Å². The number of piperazine rings is 1. The summed E-state index contributed by atoms with van der Waals surface area (Å²) in [4.78, 5) is 18.9. The van der Waals surface area contributed by atoms with Crippen molar-refractivity contribution in [2.75, 3.05) is 26.2 Å². The molecule has 0 radical (unpaired) electrons. The number of carbonyl (C=O) groups is 1. The molecule has 1 saturated heterocycles. The van der Waals surface area contributed by atoms with Gasteiger partial charge in [-0.25, -0.2) is 0 Å². The van der Waals surface area contributed by atoms with Gasteiger partial charge in [-0.3, -0.25) is 14.4 Å². The van der Waals surface area contributed by atoms with Crippen LogP contribution in [0.5, 0.6) is 0 Å². The molecule has 3 aromatic heterocycles. The Bertz CT molecular complexity index is 1200. The maximum atomic E-state index is 13.5. The van der Waals surface area contributed by atoms with Crippen LogP contribution in [0, 0.1) is 13.8 Å². The minimum Gasteiger partial charge on any atom is -0.361 e. The molecule has 1 fully saturated rings. The van der Waals surface area contributed by atoms with Crippen molar-refractivity contribution in [3.8, 4) is 10.6 Å². The summed E-state index contributed by atoms with van der Waals surface area (Å²) in [5.41, 5.74) is 4.69. The van der Waals surface area contributed by atoms with E-state index in [1.165, 1.54) is 0 Å². The van der Waals surface area contributed by atoms with Crippen LogP contribution in [0.25, 0.3) is 10.6 Å². The third kappa shape index (κ3) is 4.62. The molecule has 5 rings (SSSR count). The Balaban J connectivity index is 1.32. The van der Waals surface area contributed by atoms with Crippen LogP contribution in [-0.2, 0) is 13.1 Å². The molecule has 1 aliphatic rings. The van der Waals surface area contributed by atoms with E-state index in [2.05, 4.69) is 22.2 Å². The number of rotatable bonds is 6. The normalized spacial score (nSPS) is 14.7. The molecule has 4 aromatic rings. The first-order chi connectivity index (χ1) is 16.1. The van der Waals surface area contributed by atoms with E-state index in [4.69, 9.17) is 9.62 Å². The first-order valence-corrected chi connectivity index (χ1v) is 12.0. The van der Waals surface area contributed by atoms with Gasteiger partial charge in [-0.15, -0.1) is 11.3 Å². The van der Waals surface area contributed by atoms with Crippen LogP contribution >= 0.6 is 11.3 Å². The van der Waals surface area contributed by atoms with Crippen LogP contribution in [0.1, 0.15) is 32.9 Å². The third-order valence-corrected chi connectivity index (χ3v) is 7.03. The van der Waals surface area contributed by atoms with E-state index in [1.807, 2.05) is 65.3 Å². The van der Waals surface area contributed by atoms with Crippen molar-refractivity contribution >= 4 is 17.2 Å². The standard InChI is InChI=1S/C25H27N5O2S/c1-18-21(19(2)32-27-18)16-28-10-12-29(13-11-28)25(31)22-17-30(15-20-7-4-3-5-8-20)26-24(22)23-9-6-14-33-23/h3-9,14,17H,10-13,15-16H2,1-2H3. The van der Waals surface area contributed by atoms with Gasteiger partial charge in [0, 0.05) is 44.5 Å². The fraction of sp³-hybridized carbons (Fsp3) is 0.320. The summed E-state index contributed by atoms with van der Waals surface area (Å²) in [5, 5.41) is 10.9. The molecule has 1 amide bonds. The van der Waals surface area contributed by atoms with E-state index in [-0.39, 0.29) is 5.91 Å². The van der Waals surface area contributed by atoms with Crippen LogP contribution in [-0.4, -0.2) is 56.8 Å². The van der Waals surface area contributed by atoms with Gasteiger partial charge in [0.1, 0.15) is 11.5 Å². The SMILES string of the molecule is Cc1noc(C)c1CN1CCN(C(=O)c2cn(Cc3ccccc3)nc2-c2cccs2)CC1. The second-order valence-corrected chi connectivity index (χ2v) is 9.37. The topological polar surface area (TPSA) is 67.4 Å². The number of benzene rings is 1. The molecule has 0 aliphatic carbocycles. The van der Waals surface area contributed by atoms with Gasteiger partial charge in [0.15, 0.2) is 0 Å². The van der Waals surface area contributed by atoms with Gasteiger partial charge >= 0.3 is 0 Å². The Hall–Kier alpha value is -3.23. The monoisotopic (exact) mass is 461 g/mol. The number of hydrogen-bond donors (Lipinski definition) is 0. The van der Waals surface area contributed by atoms with Gasteiger partial charge in [-0.1, -0.05) is 41.6 Å². The highest BCUT2D eigenvalue weighted by molar-refractivity contribution is 7.13. The number of thiophene rings is 1. The lowest BCUT2D eigenvalue weighted by Crippen LogP contribution is -2.48.